The van der Waals surface area contributed by atoms with Crippen LogP contribution in [0, 0.1) is 5.82 Å². The molecule has 3 heteroatoms. The molecule has 2 nitrogen and oxygen atoms in total. The molecule has 0 aliphatic carbocycles. The predicted molar refractivity (Wildman–Crippen MR) is 129 cm³/mol. The Morgan fingerprint density at radius 1 is 0.645 bits per heavy atom. The Labute approximate surface area is 187 Å². The fourth-order valence-corrected chi connectivity index (χ4v) is 3.89. The van der Waals surface area contributed by atoms with Crippen molar-refractivity contribution >= 4 is 0 Å². The summed E-state index contributed by atoms with van der Waals surface area (Å²) in [7, 11) is 0. The molecule has 0 aliphatic rings. The number of halogens is 1. The average molecular weight is 419 g/mol. The Kier molecular flexibility index (Phi) is 9.20. The Balaban J connectivity index is 1.62. The molecule has 0 N–H and O–H groups in total. The van der Waals surface area contributed by atoms with Crippen LogP contribution in [0.15, 0.2) is 54.9 Å². The van der Waals surface area contributed by atoms with Crippen molar-refractivity contribution in [2.45, 2.75) is 78.1 Å². The Morgan fingerprint density at radius 2 is 1.23 bits per heavy atom. The summed E-state index contributed by atoms with van der Waals surface area (Å²) in [5.74, 6) is 0.566. The van der Waals surface area contributed by atoms with Crippen molar-refractivity contribution in [1.82, 2.24) is 9.97 Å². The number of nitrogens with zero attached hydrogens (tertiary/aromatic N) is 2. The first-order chi connectivity index (χ1) is 15.2. The van der Waals surface area contributed by atoms with Crippen LogP contribution in [-0.4, -0.2) is 9.97 Å². The second-order valence-electron chi connectivity index (χ2n) is 8.43. The summed E-state index contributed by atoms with van der Waals surface area (Å²) < 4.78 is 14.7. The molecule has 1 aromatic heterocycles. The highest BCUT2D eigenvalue weighted by Gasteiger charge is 2.08. The second kappa shape index (κ2) is 12.3. The van der Waals surface area contributed by atoms with E-state index in [4.69, 9.17) is 0 Å². The van der Waals surface area contributed by atoms with Crippen molar-refractivity contribution in [1.29, 1.82) is 0 Å². The van der Waals surface area contributed by atoms with Gasteiger partial charge in [-0.25, -0.2) is 14.4 Å². The highest BCUT2D eigenvalue weighted by atomic mass is 19.1. The number of aryl methyl sites for hydroxylation is 2. The van der Waals surface area contributed by atoms with Gasteiger partial charge in [0.2, 0.25) is 0 Å². The summed E-state index contributed by atoms with van der Waals surface area (Å²) in [6.07, 6.45) is 15.6. The quantitative estimate of drug-likeness (QED) is 0.277. The summed E-state index contributed by atoms with van der Waals surface area (Å²) in [6, 6.07) is 13.5. The van der Waals surface area contributed by atoms with Crippen LogP contribution in [0.2, 0.25) is 0 Å². The molecule has 164 valence electrons. The first-order valence-corrected chi connectivity index (χ1v) is 11.9. The molecule has 0 amide bonds. The van der Waals surface area contributed by atoms with Gasteiger partial charge in [0, 0.05) is 23.5 Å². The molecule has 0 saturated carbocycles. The average Bonchev–Trinajstić information content (AvgIpc) is 2.80. The SMILES string of the molecule is CCCCCCc1cnc(-c2ccc(-c3ccc(CCCCCC)cc3F)cc2)nc1. The predicted octanol–water partition coefficient (Wildman–Crippen LogP) is 8.20. The maximum Gasteiger partial charge on any atom is 0.159 e. The van der Waals surface area contributed by atoms with Gasteiger partial charge in [0.1, 0.15) is 5.82 Å². The fraction of sp³-hybridized carbons (Fsp3) is 0.429. The maximum absolute atomic E-state index is 14.7. The van der Waals surface area contributed by atoms with Crippen LogP contribution in [0.1, 0.15) is 76.3 Å². The summed E-state index contributed by atoms with van der Waals surface area (Å²) in [4.78, 5) is 9.07. The van der Waals surface area contributed by atoms with Crippen molar-refractivity contribution in [2.75, 3.05) is 0 Å². The molecule has 3 rings (SSSR count). The zero-order valence-electron chi connectivity index (χ0n) is 19.0. The van der Waals surface area contributed by atoms with Gasteiger partial charge in [-0.3, -0.25) is 0 Å². The van der Waals surface area contributed by atoms with Gasteiger partial charge in [-0.2, -0.15) is 0 Å². The minimum Gasteiger partial charge on any atom is -0.236 e. The van der Waals surface area contributed by atoms with E-state index in [2.05, 4.69) is 29.9 Å². The number of rotatable bonds is 12. The standard InChI is InChI=1S/C28H35FN2/c1-3-5-7-9-11-22-13-18-26(27(29)19-22)24-14-16-25(17-15-24)28-30-20-23(21-31-28)12-10-8-6-4-2/h13-21H,3-12H2,1-2H3. The third-order valence-corrected chi connectivity index (χ3v) is 5.83. The van der Waals surface area contributed by atoms with Gasteiger partial charge in [-0.1, -0.05) is 88.8 Å². The Bertz CT molecular complexity index is 917. The van der Waals surface area contributed by atoms with Gasteiger partial charge in [-0.15, -0.1) is 0 Å². The van der Waals surface area contributed by atoms with Crippen molar-refractivity contribution in [3.8, 4) is 22.5 Å². The molecule has 0 saturated heterocycles. The molecular formula is C28H35FN2. The van der Waals surface area contributed by atoms with Gasteiger partial charge >= 0.3 is 0 Å². The molecule has 1 heterocycles. The summed E-state index contributed by atoms with van der Waals surface area (Å²) in [5, 5.41) is 0. The van der Waals surface area contributed by atoms with E-state index in [0.717, 1.165) is 36.0 Å². The van der Waals surface area contributed by atoms with E-state index in [-0.39, 0.29) is 5.82 Å². The minimum atomic E-state index is -0.149. The summed E-state index contributed by atoms with van der Waals surface area (Å²) in [6.45, 7) is 4.43. The van der Waals surface area contributed by atoms with Gasteiger partial charge in [-0.05, 0) is 48.4 Å². The summed E-state index contributed by atoms with van der Waals surface area (Å²) >= 11 is 0. The third kappa shape index (κ3) is 6.99. The molecule has 0 unspecified atom stereocenters. The van der Waals surface area contributed by atoms with E-state index in [1.807, 2.05) is 42.7 Å². The van der Waals surface area contributed by atoms with E-state index in [0.29, 0.717) is 11.4 Å². The van der Waals surface area contributed by atoms with E-state index in [9.17, 15) is 4.39 Å². The molecule has 0 bridgehead atoms. The zero-order valence-corrected chi connectivity index (χ0v) is 19.0. The van der Waals surface area contributed by atoms with Crippen molar-refractivity contribution in [3.63, 3.8) is 0 Å². The molecule has 0 aliphatic heterocycles. The highest BCUT2D eigenvalue weighted by Crippen LogP contribution is 2.26. The number of hydrogen-bond donors (Lipinski definition) is 0. The number of benzene rings is 2. The summed E-state index contributed by atoms with van der Waals surface area (Å²) in [5.41, 5.74) is 4.75. The van der Waals surface area contributed by atoms with E-state index < -0.39 is 0 Å². The van der Waals surface area contributed by atoms with Crippen LogP contribution in [0.4, 0.5) is 4.39 Å². The number of unbranched alkanes of at least 4 members (excludes halogenated alkanes) is 6. The molecular weight excluding hydrogens is 383 g/mol. The van der Waals surface area contributed by atoms with Crippen molar-refractivity contribution < 1.29 is 4.39 Å². The Morgan fingerprint density at radius 3 is 1.81 bits per heavy atom. The first-order valence-electron chi connectivity index (χ1n) is 11.9. The molecule has 0 atom stereocenters. The lowest BCUT2D eigenvalue weighted by Gasteiger charge is -2.08. The fourth-order valence-electron chi connectivity index (χ4n) is 3.89. The van der Waals surface area contributed by atoms with Crippen molar-refractivity contribution in [3.05, 3.63) is 71.8 Å². The zero-order chi connectivity index (χ0) is 21.9. The number of aromatic nitrogens is 2. The van der Waals surface area contributed by atoms with E-state index >= 15 is 0 Å². The van der Waals surface area contributed by atoms with Crippen LogP contribution in [0.25, 0.3) is 22.5 Å². The first kappa shape index (κ1) is 23.1. The topological polar surface area (TPSA) is 25.8 Å². The smallest absolute Gasteiger partial charge is 0.159 e. The monoisotopic (exact) mass is 418 g/mol. The van der Waals surface area contributed by atoms with Crippen LogP contribution >= 0.6 is 0 Å². The van der Waals surface area contributed by atoms with Gasteiger partial charge < -0.3 is 0 Å². The second-order valence-corrected chi connectivity index (χ2v) is 8.43. The van der Waals surface area contributed by atoms with E-state index in [1.54, 1.807) is 6.07 Å². The molecule has 0 spiro atoms. The Hall–Kier alpha value is -2.55. The van der Waals surface area contributed by atoms with Gasteiger partial charge in [0.25, 0.3) is 0 Å². The third-order valence-electron chi connectivity index (χ3n) is 5.83. The van der Waals surface area contributed by atoms with Crippen LogP contribution < -0.4 is 0 Å². The molecule has 0 radical (unpaired) electrons. The van der Waals surface area contributed by atoms with E-state index in [1.165, 1.54) is 50.5 Å². The largest absolute Gasteiger partial charge is 0.236 e. The maximum atomic E-state index is 14.7. The molecule has 3 aromatic rings. The highest BCUT2D eigenvalue weighted by molar-refractivity contribution is 5.68. The van der Waals surface area contributed by atoms with Crippen LogP contribution in [-0.2, 0) is 12.8 Å². The van der Waals surface area contributed by atoms with Gasteiger partial charge in [0.05, 0.1) is 0 Å². The normalized spacial score (nSPS) is 11.1. The lowest BCUT2D eigenvalue weighted by Crippen LogP contribution is -1.94. The molecule has 31 heavy (non-hydrogen) atoms. The lowest BCUT2D eigenvalue weighted by molar-refractivity contribution is 0.624. The molecule has 0 fully saturated rings. The molecule has 2 aromatic carbocycles. The number of hydrogen-bond acceptors (Lipinski definition) is 2. The van der Waals surface area contributed by atoms with Crippen LogP contribution in [0.3, 0.4) is 0 Å². The van der Waals surface area contributed by atoms with Crippen molar-refractivity contribution in [2.24, 2.45) is 0 Å². The lowest BCUT2D eigenvalue weighted by atomic mass is 9.99. The van der Waals surface area contributed by atoms with Gasteiger partial charge in [0.15, 0.2) is 5.82 Å². The van der Waals surface area contributed by atoms with Crippen LogP contribution in [0.5, 0.6) is 0 Å². The minimum absolute atomic E-state index is 0.149.